The van der Waals surface area contributed by atoms with Gasteiger partial charge in [-0.25, -0.2) is 0 Å². The predicted molar refractivity (Wildman–Crippen MR) is 81.7 cm³/mol. The Morgan fingerprint density at radius 1 is 1.25 bits per heavy atom. The molecular formula is C16H26N2O2. The summed E-state index contributed by atoms with van der Waals surface area (Å²) in [5.74, 6) is -0.0665. The molecule has 0 saturated heterocycles. The topological polar surface area (TPSA) is 52.6 Å². The summed E-state index contributed by atoms with van der Waals surface area (Å²) in [4.78, 5) is 14.3. The highest BCUT2D eigenvalue weighted by molar-refractivity contribution is 5.94. The first-order valence-electron chi connectivity index (χ1n) is 7.41. The Labute approximate surface area is 121 Å². The highest BCUT2D eigenvalue weighted by Gasteiger charge is 2.05. The fourth-order valence-corrected chi connectivity index (χ4v) is 2.12. The maximum absolute atomic E-state index is 11.9. The Hall–Kier alpha value is -1.39. The number of nitrogens with zero attached hydrogens (tertiary/aromatic N) is 1. The van der Waals surface area contributed by atoms with Crippen molar-refractivity contribution in [3.8, 4) is 0 Å². The van der Waals surface area contributed by atoms with Gasteiger partial charge in [0.2, 0.25) is 0 Å². The van der Waals surface area contributed by atoms with Crippen LogP contribution in [0.15, 0.2) is 24.3 Å². The molecule has 0 aliphatic carbocycles. The number of rotatable bonds is 9. The summed E-state index contributed by atoms with van der Waals surface area (Å²) in [5.41, 5.74) is 1.37. The van der Waals surface area contributed by atoms with Crippen molar-refractivity contribution in [2.24, 2.45) is 0 Å². The molecule has 20 heavy (non-hydrogen) atoms. The summed E-state index contributed by atoms with van der Waals surface area (Å²) >= 11 is 0. The smallest absolute Gasteiger partial charge is 0.251 e. The zero-order valence-corrected chi connectivity index (χ0v) is 12.6. The molecule has 0 heterocycles. The molecule has 0 spiro atoms. The van der Waals surface area contributed by atoms with Crippen LogP contribution in [0.4, 0.5) is 0 Å². The van der Waals surface area contributed by atoms with Gasteiger partial charge in [0.05, 0.1) is 6.61 Å². The largest absolute Gasteiger partial charge is 0.392 e. The first-order chi connectivity index (χ1) is 9.71. The maximum Gasteiger partial charge on any atom is 0.251 e. The van der Waals surface area contributed by atoms with Gasteiger partial charge in [0.1, 0.15) is 0 Å². The molecule has 4 nitrogen and oxygen atoms in total. The van der Waals surface area contributed by atoms with Crippen LogP contribution in [0.2, 0.25) is 0 Å². The third kappa shape index (κ3) is 5.72. The third-order valence-corrected chi connectivity index (χ3v) is 3.45. The van der Waals surface area contributed by atoms with Gasteiger partial charge >= 0.3 is 0 Å². The van der Waals surface area contributed by atoms with Gasteiger partial charge in [0.25, 0.3) is 5.91 Å². The van der Waals surface area contributed by atoms with Gasteiger partial charge in [-0.15, -0.1) is 0 Å². The predicted octanol–water partition coefficient (Wildman–Crippen LogP) is 2.03. The van der Waals surface area contributed by atoms with Crippen molar-refractivity contribution in [3.05, 3.63) is 35.4 Å². The van der Waals surface area contributed by atoms with E-state index in [1.165, 1.54) is 0 Å². The first-order valence-corrected chi connectivity index (χ1v) is 7.41. The van der Waals surface area contributed by atoms with Gasteiger partial charge < -0.3 is 15.3 Å². The summed E-state index contributed by atoms with van der Waals surface area (Å²) in [5, 5.41) is 12.0. The molecule has 0 bridgehead atoms. The van der Waals surface area contributed by atoms with Crippen molar-refractivity contribution >= 4 is 5.91 Å². The summed E-state index contributed by atoms with van der Waals surface area (Å²) in [6, 6.07) is 7.09. The van der Waals surface area contributed by atoms with Crippen LogP contribution in [0.1, 0.15) is 42.6 Å². The highest BCUT2D eigenvalue weighted by Crippen LogP contribution is 2.05. The minimum Gasteiger partial charge on any atom is -0.392 e. The standard InChI is InChI=1S/C16H26N2O2/c1-3-18(4-2)11-6-5-10-17-16(20)15-9-7-8-14(12-15)13-19/h7-9,12,19H,3-6,10-11,13H2,1-2H3,(H,17,20). The Balaban J connectivity index is 2.26. The first kappa shape index (κ1) is 16.7. The molecule has 0 radical (unpaired) electrons. The van der Waals surface area contributed by atoms with Crippen molar-refractivity contribution < 1.29 is 9.90 Å². The van der Waals surface area contributed by atoms with Crippen molar-refractivity contribution in [2.45, 2.75) is 33.3 Å². The highest BCUT2D eigenvalue weighted by atomic mass is 16.3. The van der Waals surface area contributed by atoms with E-state index in [1.54, 1.807) is 24.3 Å². The number of carbonyl (C=O) groups excluding carboxylic acids is 1. The summed E-state index contributed by atoms with van der Waals surface area (Å²) in [7, 11) is 0. The van der Waals surface area contributed by atoms with Crippen molar-refractivity contribution in [2.75, 3.05) is 26.2 Å². The Kier molecular flexibility index (Phi) is 7.92. The van der Waals surface area contributed by atoms with Gasteiger partial charge in [-0.1, -0.05) is 26.0 Å². The van der Waals surface area contributed by atoms with Gasteiger partial charge in [-0.05, 0) is 50.2 Å². The van der Waals surface area contributed by atoms with Gasteiger partial charge in [0.15, 0.2) is 0 Å². The van der Waals surface area contributed by atoms with E-state index in [0.29, 0.717) is 12.1 Å². The van der Waals surface area contributed by atoms with Crippen LogP contribution >= 0.6 is 0 Å². The molecule has 2 N–H and O–H groups in total. The van der Waals surface area contributed by atoms with Crippen LogP contribution in [-0.4, -0.2) is 42.1 Å². The molecular weight excluding hydrogens is 252 g/mol. The zero-order valence-electron chi connectivity index (χ0n) is 12.6. The molecule has 0 fully saturated rings. The molecule has 0 unspecified atom stereocenters. The normalized spacial score (nSPS) is 10.8. The maximum atomic E-state index is 11.9. The minimum absolute atomic E-state index is 0.0367. The zero-order chi connectivity index (χ0) is 14.8. The van der Waals surface area contributed by atoms with E-state index >= 15 is 0 Å². The van der Waals surface area contributed by atoms with Crippen LogP contribution in [0.5, 0.6) is 0 Å². The Morgan fingerprint density at radius 3 is 2.65 bits per heavy atom. The van der Waals surface area contributed by atoms with Crippen LogP contribution in [0, 0.1) is 0 Å². The van der Waals surface area contributed by atoms with Crippen molar-refractivity contribution in [3.63, 3.8) is 0 Å². The number of amides is 1. The number of benzene rings is 1. The molecule has 0 aromatic heterocycles. The van der Waals surface area contributed by atoms with E-state index < -0.39 is 0 Å². The lowest BCUT2D eigenvalue weighted by molar-refractivity contribution is 0.0952. The van der Waals surface area contributed by atoms with Crippen LogP contribution in [-0.2, 0) is 6.61 Å². The monoisotopic (exact) mass is 278 g/mol. The number of nitrogens with one attached hydrogen (secondary N) is 1. The fourth-order valence-electron chi connectivity index (χ4n) is 2.12. The molecule has 4 heteroatoms. The Bertz CT molecular complexity index is 403. The van der Waals surface area contributed by atoms with Gasteiger partial charge in [-0.2, -0.15) is 0 Å². The van der Waals surface area contributed by atoms with Crippen LogP contribution in [0.25, 0.3) is 0 Å². The van der Waals surface area contributed by atoms with E-state index in [0.717, 1.165) is 38.0 Å². The van der Waals surface area contributed by atoms with E-state index in [4.69, 9.17) is 5.11 Å². The fraction of sp³-hybridized carbons (Fsp3) is 0.562. The minimum atomic E-state index is -0.0665. The molecule has 0 saturated carbocycles. The lowest BCUT2D eigenvalue weighted by atomic mass is 10.1. The lowest BCUT2D eigenvalue weighted by Crippen LogP contribution is -2.27. The van der Waals surface area contributed by atoms with Crippen LogP contribution in [0.3, 0.4) is 0 Å². The summed E-state index contributed by atoms with van der Waals surface area (Å²) in [6.45, 7) is 8.24. The van der Waals surface area contributed by atoms with E-state index in [-0.39, 0.29) is 12.5 Å². The number of hydrogen-bond donors (Lipinski definition) is 2. The number of carbonyl (C=O) groups is 1. The second-order valence-electron chi connectivity index (χ2n) is 4.85. The number of unbranched alkanes of at least 4 members (excludes halogenated alkanes) is 1. The van der Waals surface area contributed by atoms with Crippen molar-refractivity contribution in [1.82, 2.24) is 10.2 Å². The Morgan fingerprint density at radius 2 is 2.00 bits per heavy atom. The SMILES string of the molecule is CCN(CC)CCCCNC(=O)c1cccc(CO)c1. The van der Waals surface area contributed by atoms with Gasteiger partial charge in [0, 0.05) is 12.1 Å². The summed E-state index contributed by atoms with van der Waals surface area (Å²) < 4.78 is 0. The van der Waals surface area contributed by atoms with E-state index in [2.05, 4.69) is 24.1 Å². The molecule has 0 atom stereocenters. The summed E-state index contributed by atoms with van der Waals surface area (Å²) in [6.07, 6.45) is 2.08. The molecule has 1 rings (SSSR count). The molecule has 1 aromatic carbocycles. The molecule has 1 aromatic rings. The number of aliphatic hydroxyl groups excluding tert-OH is 1. The second-order valence-corrected chi connectivity index (χ2v) is 4.85. The van der Waals surface area contributed by atoms with Gasteiger partial charge in [-0.3, -0.25) is 4.79 Å². The average Bonchev–Trinajstić information content (AvgIpc) is 2.50. The van der Waals surface area contributed by atoms with Crippen LogP contribution < -0.4 is 5.32 Å². The second kappa shape index (κ2) is 9.50. The molecule has 1 amide bonds. The lowest BCUT2D eigenvalue weighted by Gasteiger charge is -2.17. The third-order valence-electron chi connectivity index (χ3n) is 3.45. The van der Waals surface area contributed by atoms with E-state index in [9.17, 15) is 4.79 Å². The number of aliphatic hydroxyl groups is 1. The van der Waals surface area contributed by atoms with E-state index in [1.807, 2.05) is 0 Å². The molecule has 0 aliphatic heterocycles. The number of hydrogen-bond acceptors (Lipinski definition) is 3. The average molecular weight is 278 g/mol. The van der Waals surface area contributed by atoms with Crippen molar-refractivity contribution in [1.29, 1.82) is 0 Å². The quantitative estimate of drug-likeness (QED) is 0.680. The molecule has 112 valence electrons. The molecule has 0 aliphatic rings.